The van der Waals surface area contributed by atoms with Crippen LogP contribution in [0.1, 0.15) is 18.4 Å². The molecular weight excluding hydrogens is 343 g/mol. The number of rotatable bonds is 5. The number of unbranched alkanes of at least 4 members (excludes halogenated alkanes) is 1. The minimum Gasteiger partial charge on any atom is -0.340 e. The lowest BCUT2D eigenvalue weighted by Gasteiger charge is -2.33. The van der Waals surface area contributed by atoms with E-state index in [1.54, 1.807) is 11.8 Å². The number of benzene rings is 2. The summed E-state index contributed by atoms with van der Waals surface area (Å²) in [5, 5.41) is 9.16. The third-order valence-electron chi connectivity index (χ3n) is 3.84. The second-order valence-corrected chi connectivity index (χ2v) is 8.47. The van der Waals surface area contributed by atoms with Crippen molar-refractivity contribution in [3.8, 4) is 6.07 Å². The molecule has 2 aromatic carbocycles. The Bertz CT molecular complexity index is 844. The normalized spacial score (nSPS) is 13.1. The maximum Gasteiger partial charge on any atom is 0.325 e. The van der Waals surface area contributed by atoms with Gasteiger partial charge in [-0.2, -0.15) is 5.26 Å². The number of hydrogen-bond donors (Lipinski definition) is 2. The molecule has 7 heteroatoms. The second-order valence-electron chi connectivity index (χ2n) is 5.61. The summed E-state index contributed by atoms with van der Waals surface area (Å²) >= 11 is 1.67. The van der Waals surface area contributed by atoms with Gasteiger partial charge < -0.3 is 14.7 Å². The topological polar surface area (TPSA) is 84.6 Å². The average Bonchev–Trinajstić information content (AvgIpc) is 2.56. The van der Waals surface area contributed by atoms with Gasteiger partial charge in [-0.25, -0.2) is 0 Å². The molecule has 0 saturated carbocycles. The van der Waals surface area contributed by atoms with Crippen LogP contribution in [0.2, 0.25) is 0 Å². The number of hydrogen-bond acceptors (Lipinski definition) is 4. The second kappa shape index (κ2) is 7.00. The molecule has 0 fully saturated rings. The zero-order valence-corrected chi connectivity index (χ0v) is 14.6. The summed E-state index contributed by atoms with van der Waals surface area (Å²) in [5.74, 6) is 0. The Hall–Kier alpha value is -1.77. The zero-order chi connectivity index (χ0) is 17.2. The first kappa shape index (κ1) is 17.1. The van der Waals surface area contributed by atoms with E-state index < -0.39 is 7.60 Å². The molecule has 1 aliphatic heterocycles. The van der Waals surface area contributed by atoms with Crippen molar-refractivity contribution in [3.05, 3.63) is 48.0 Å². The quantitative estimate of drug-likeness (QED) is 0.616. The van der Waals surface area contributed by atoms with E-state index in [1.807, 2.05) is 36.4 Å². The largest absolute Gasteiger partial charge is 0.340 e. The van der Waals surface area contributed by atoms with E-state index in [9.17, 15) is 4.57 Å². The molecule has 2 N–H and O–H groups in total. The fraction of sp³-hybridized carbons (Fsp3) is 0.235. The highest BCUT2D eigenvalue weighted by molar-refractivity contribution is 7.99. The van der Waals surface area contributed by atoms with Crippen LogP contribution >= 0.6 is 19.4 Å². The Labute approximate surface area is 145 Å². The molecule has 24 heavy (non-hydrogen) atoms. The molecule has 0 unspecified atom stereocenters. The van der Waals surface area contributed by atoms with E-state index in [0.717, 1.165) is 21.2 Å². The van der Waals surface area contributed by atoms with Crippen LogP contribution in [0.4, 0.5) is 11.4 Å². The van der Waals surface area contributed by atoms with Crippen molar-refractivity contribution in [2.45, 2.75) is 22.6 Å². The van der Waals surface area contributed by atoms with Crippen LogP contribution in [0, 0.1) is 11.3 Å². The van der Waals surface area contributed by atoms with Gasteiger partial charge in [0.1, 0.15) is 0 Å². The molecule has 0 radical (unpaired) electrons. The summed E-state index contributed by atoms with van der Waals surface area (Å²) < 4.78 is 11.0. The maximum atomic E-state index is 11.0. The predicted octanol–water partition coefficient (Wildman–Crippen LogP) is 4.12. The van der Waals surface area contributed by atoms with Crippen LogP contribution in [0.15, 0.2) is 52.3 Å². The molecular formula is C17H17N2O3PS. The van der Waals surface area contributed by atoms with E-state index in [4.69, 9.17) is 15.0 Å². The van der Waals surface area contributed by atoms with E-state index in [1.165, 1.54) is 0 Å². The van der Waals surface area contributed by atoms with Crippen LogP contribution in [-0.4, -0.2) is 22.5 Å². The molecule has 1 aliphatic rings. The van der Waals surface area contributed by atoms with Gasteiger partial charge in [-0.15, -0.1) is 0 Å². The van der Waals surface area contributed by atoms with Gasteiger partial charge in [-0.1, -0.05) is 23.9 Å². The summed E-state index contributed by atoms with van der Waals surface area (Å²) in [6.07, 6.45) is 1.03. The number of nitriles is 1. The van der Waals surface area contributed by atoms with Crippen molar-refractivity contribution >= 4 is 30.7 Å². The summed E-state index contributed by atoms with van der Waals surface area (Å²) in [6, 6.07) is 15.9. The fourth-order valence-corrected chi connectivity index (χ4v) is 4.44. The molecule has 0 bridgehead atoms. The SMILES string of the molecule is N#Cc1ccc2c(c1)N(CCCCP(=O)(O)O)c1ccccc1S2. The first-order valence-corrected chi connectivity index (χ1v) is 10.2. The molecule has 0 atom stereocenters. The Balaban J connectivity index is 1.87. The van der Waals surface area contributed by atoms with Gasteiger partial charge in [-0.05, 0) is 43.2 Å². The first-order chi connectivity index (χ1) is 11.5. The van der Waals surface area contributed by atoms with Gasteiger partial charge in [0, 0.05) is 22.5 Å². The Morgan fingerprint density at radius 1 is 1.08 bits per heavy atom. The molecule has 0 aliphatic carbocycles. The highest BCUT2D eigenvalue weighted by atomic mass is 32.2. The summed E-state index contributed by atoms with van der Waals surface area (Å²) in [4.78, 5) is 22.4. The number of para-hydroxylation sites is 1. The summed E-state index contributed by atoms with van der Waals surface area (Å²) in [7, 11) is -3.95. The molecule has 124 valence electrons. The van der Waals surface area contributed by atoms with Crippen LogP contribution < -0.4 is 4.90 Å². The number of fused-ring (bicyclic) bond motifs is 2. The van der Waals surface area contributed by atoms with Crippen molar-refractivity contribution < 1.29 is 14.4 Å². The lowest BCUT2D eigenvalue weighted by Crippen LogP contribution is -2.22. The van der Waals surface area contributed by atoms with Crippen molar-refractivity contribution in [1.82, 2.24) is 0 Å². The van der Waals surface area contributed by atoms with Crippen molar-refractivity contribution in [2.75, 3.05) is 17.6 Å². The van der Waals surface area contributed by atoms with E-state index in [0.29, 0.717) is 24.9 Å². The van der Waals surface area contributed by atoms with Gasteiger partial charge in [-0.3, -0.25) is 4.57 Å². The third kappa shape index (κ3) is 3.82. The van der Waals surface area contributed by atoms with E-state index >= 15 is 0 Å². The number of anilines is 2. The van der Waals surface area contributed by atoms with Gasteiger partial charge in [0.2, 0.25) is 0 Å². The minimum atomic E-state index is -3.95. The van der Waals surface area contributed by atoms with Crippen LogP contribution in [0.5, 0.6) is 0 Å². The Kier molecular flexibility index (Phi) is 4.98. The zero-order valence-electron chi connectivity index (χ0n) is 12.9. The van der Waals surface area contributed by atoms with Gasteiger partial charge in [0.15, 0.2) is 0 Å². The fourth-order valence-electron chi connectivity index (χ4n) is 2.73. The average molecular weight is 360 g/mol. The van der Waals surface area contributed by atoms with Crippen LogP contribution in [-0.2, 0) is 4.57 Å². The standard InChI is InChI=1S/C17H17N2O3PS/c18-12-13-7-8-17-15(11-13)19(9-3-4-10-23(20,21)22)14-5-1-2-6-16(14)24-17/h1-2,5-8,11H,3-4,9-10H2,(H2,20,21,22). The molecule has 3 rings (SSSR count). The Morgan fingerprint density at radius 2 is 1.83 bits per heavy atom. The summed E-state index contributed by atoms with van der Waals surface area (Å²) in [5.41, 5.74) is 2.66. The van der Waals surface area contributed by atoms with Gasteiger partial charge in [0.05, 0.1) is 23.0 Å². The highest BCUT2D eigenvalue weighted by Crippen LogP contribution is 2.48. The smallest absolute Gasteiger partial charge is 0.325 e. The molecule has 1 heterocycles. The lowest BCUT2D eigenvalue weighted by molar-refractivity contribution is 0.371. The third-order valence-corrected chi connectivity index (χ3v) is 5.86. The molecule has 0 saturated heterocycles. The summed E-state index contributed by atoms with van der Waals surface area (Å²) in [6.45, 7) is 0.652. The van der Waals surface area contributed by atoms with Crippen molar-refractivity contribution in [3.63, 3.8) is 0 Å². The molecule has 0 aromatic heterocycles. The van der Waals surface area contributed by atoms with E-state index in [-0.39, 0.29) is 6.16 Å². The Morgan fingerprint density at radius 3 is 2.58 bits per heavy atom. The monoisotopic (exact) mass is 360 g/mol. The van der Waals surface area contributed by atoms with Gasteiger partial charge in [0.25, 0.3) is 0 Å². The first-order valence-electron chi connectivity index (χ1n) is 7.61. The van der Waals surface area contributed by atoms with Gasteiger partial charge >= 0.3 is 7.60 Å². The minimum absolute atomic E-state index is 0.0949. The maximum absolute atomic E-state index is 11.0. The van der Waals surface area contributed by atoms with E-state index in [2.05, 4.69) is 17.0 Å². The van der Waals surface area contributed by atoms with Crippen LogP contribution in [0.3, 0.4) is 0 Å². The number of nitrogens with zero attached hydrogens (tertiary/aromatic N) is 2. The van der Waals surface area contributed by atoms with Crippen molar-refractivity contribution in [2.24, 2.45) is 0 Å². The molecule has 2 aromatic rings. The molecule has 5 nitrogen and oxygen atoms in total. The van der Waals surface area contributed by atoms with Crippen molar-refractivity contribution in [1.29, 1.82) is 5.26 Å². The highest BCUT2D eigenvalue weighted by Gasteiger charge is 2.23. The molecule has 0 amide bonds. The lowest BCUT2D eigenvalue weighted by atomic mass is 10.1. The van der Waals surface area contributed by atoms with Crippen LogP contribution in [0.25, 0.3) is 0 Å². The molecule has 0 spiro atoms. The predicted molar refractivity (Wildman–Crippen MR) is 94.9 cm³/mol.